The first-order chi connectivity index (χ1) is 34.0. The predicted octanol–water partition coefficient (Wildman–Crippen LogP) is 18.9. The average molecular weight is 956 g/mol. The van der Waals surface area contributed by atoms with Gasteiger partial charge in [-0.2, -0.15) is 0 Å². The van der Waals surface area contributed by atoms with Gasteiger partial charge < -0.3 is 14.2 Å². The van der Waals surface area contributed by atoms with Crippen LogP contribution in [0.4, 0.5) is 0 Å². The standard InChI is InChI=1S/C63H102O6/c1-4-7-10-13-16-19-22-25-27-28-29-30-31-32-33-34-36-38-41-44-47-50-53-56-62(65)68-59-60(58-67-61(64)55-52-49-46-43-40-37-24-21-18-15-12-9-6-3)69-63(66)57-54-51-48-45-42-39-35-26-23-20-17-14-11-8-5-2/h7-8,10-12,15-17,19-21,24-27,29-30,32-33,35,60H,4-6,9,13-14,18,22-23,28,31,34,36-59H2,1-3H3/b10-7-,11-8-,15-12-,19-16-,20-17-,24-21-,27-25-,30-29-,33-32-,35-26-. The molecule has 6 nitrogen and oxygen atoms in total. The van der Waals surface area contributed by atoms with Crippen molar-refractivity contribution in [2.24, 2.45) is 0 Å². The van der Waals surface area contributed by atoms with E-state index in [1.165, 1.54) is 32.1 Å². The van der Waals surface area contributed by atoms with Gasteiger partial charge in [-0.25, -0.2) is 0 Å². The summed E-state index contributed by atoms with van der Waals surface area (Å²) in [4.78, 5) is 38.1. The smallest absolute Gasteiger partial charge is 0.306 e. The van der Waals surface area contributed by atoms with Crippen molar-refractivity contribution >= 4 is 17.9 Å². The van der Waals surface area contributed by atoms with Gasteiger partial charge >= 0.3 is 17.9 Å². The van der Waals surface area contributed by atoms with Gasteiger partial charge in [-0.1, -0.05) is 219 Å². The molecule has 390 valence electrons. The lowest BCUT2D eigenvalue weighted by Crippen LogP contribution is -2.30. The normalized spacial score (nSPS) is 13.0. The largest absolute Gasteiger partial charge is 0.462 e. The van der Waals surface area contributed by atoms with Crippen LogP contribution in [-0.2, 0) is 28.6 Å². The second-order valence-corrected chi connectivity index (χ2v) is 18.1. The van der Waals surface area contributed by atoms with Crippen molar-refractivity contribution in [1.29, 1.82) is 0 Å². The van der Waals surface area contributed by atoms with Crippen LogP contribution in [0.5, 0.6) is 0 Å². The van der Waals surface area contributed by atoms with Crippen LogP contribution >= 0.6 is 0 Å². The Morgan fingerprint density at radius 3 is 0.884 bits per heavy atom. The van der Waals surface area contributed by atoms with Gasteiger partial charge in [-0.15, -0.1) is 0 Å². The zero-order valence-corrected chi connectivity index (χ0v) is 44.5. The summed E-state index contributed by atoms with van der Waals surface area (Å²) in [6, 6.07) is 0. The van der Waals surface area contributed by atoms with E-state index in [4.69, 9.17) is 14.2 Å². The fourth-order valence-corrected chi connectivity index (χ4v) is 7.28. The number of rotatable bonds is 49. The number of ether oxygens (including phenoxy) is 3. The predicted molar refractivity (Wildman–Crippen MR) is 297 cm³/mol. The maximum Gasteiger partial charge on any atom is 0.306 e. The molecular weight excluding hydrogens is 853 g/mol. The SMILES string of the molecule is CC/C=C\C/C=C\C/C=C\C/C=C\C/C=C\CCCCCCCCCC(=O)OCC(COC(=O)CCCCCCC/C=C\C/C=C\CCC)OC(=O)CCCCCCC/C=C\C/C=C\C/C=C\CC. The van der Waals surface area contributed by atoms with E-state index in [9.17, 15) is 14.4 Å². The second kappa shape index (κ2) is 56.4. The number of hydrogen-bond acceptors (Lipinski definition) is 6. The Kier molecular flexibility index (Phi) is 53.0. The van der Waals surface area contributed by atoms with Crippen molar-refractivity contribution in [3.63, 3.8) is 0 Å². The molecular formula is C63H102O6. The van der Waals surface area contributed by atoms with Crippen molar-refractivity contribution in [3.8, 4) is 0 Å². The van der Waals surface area contributed by atoms with Gasteiger partial charge in [0.15, 0.2) is 6.10 Å². The van der Waals surface area contributed by atoms with Gasteiger partial charge in [0.1, 0.15) is 13.2 Å². The molecule has 0 saturated carbocycles. The van der Waals surface area contributed by atoms with Gasteiger partial charge in [0.05, 0.1) is 0 Å². The summed E-state index contributed by atoms with van der Waals surface area (Å²) < 4.78 is 16.8. The highest BCUT2D eigenvalue weighted by molar-refractivity contribution is 5.71. The van der Waals surface area contributed by atoms with E-state index in [2.05, 4.69) is 142 Å². The third kappa shape index (κ3) is 54.6. The average Bonchev–Trinajstić information content (AvgIpc) is 3.35. The second-order valence-electron chi connectivity index (χ2n) is 18.1. The molecule has 1 atom stereocenters. The summed E-state index contributed by atoms with van der Waals surface area (Å²) in [6.45, 7) is 6.30. The van der Waals surface area contributed by atoms with Crippen LogP contribution in [0.15, 0.2) is 122 Å². The fraction of sp³-hybridized carbons (Fsp3) is 0.635. The quantitative estimate of drug-likeness (QED) is 0.0262. The Morgan fingerprint density at radius 1 is 0.304 bits per heavy atom. The summed E-state index contributed by atoms with van der Waals surface area (Å²) in [5, 5.41) is 0. The Balaban J connectivity index is 4.41. The minimum absolute atomic E-state index is 0.0988. The lowest BCUT2D eigenvalue weighted by molar-refractivity contribution is -0.167. The van der Waals surface area contributed by atoms with Crippen molar-refractivity contribution in [2.45, 2.75) is 245 Å². The van der Waals surface area contributed by atoms with Crippen molar-refractivity contribution < 1.29 is 28.6 Å². The molecule has 0 saturated heterocycles. The van der Waals surface area contributed by atoms with Crippen LogP contribution in [0.2, 0.25) is 0 Å². The molecule has 0 spiro atoms. The van der Waals surface area contributed by atoms with Gasteiger partial charge in [0.25, 0.3) is 0 Å². The van der Waals surface area contributed by atoms with Crippen LogP contribution in [-0.4, -0.2) is 37.2 Å². The topological polar surface area (TPSA) is 78.9 Å². The molecule has 0 rings (SSSR count). The first-order valence-electron chi connectivity index (χ1n) is 28.0. The summed E-state index contributed by atoms with van der Waals surface area (Å²) in [6.07, 6.45) is 77.5. The number of hydrogen-bond donors (Lipinski definition) is 0. The third-order valence-electron chi connectivity index (χ3n) is 11.4. The van der Waals surface area contributed by atoms with E-state index in [-0.39, 0.29) is 31.1 Å². The summed E-state index contributed by atoms with van der Waals surface area (Å²) in [7, 11) is 0. The summed E-state index contributed by atoms with van der Waals surface area (Å²) >= 11 is 0. The highest BCUT2D eigenvalue weighted by Gasteiger charge is 2.19. The number of esters is 3. The molecule has 0 bridgehead atoms. The molecule has 0 aromatic rings. The molecule has 69 heavy (non-hydrogen) atoms. The number of unbranched alkanes of at least 4 members (excludes halogenated alkanes) is 18. The lowest BCUT2D eigenvalue weighted by atomic mass is 10.1. The van der Waals surface area contributed by atoms with E-state index in [1.807, 2.05) is 0 Å². The van der Waals surface area contributed by atoms with Crippen LogP contribution in [0.25, 0.3) is 0 Å². The molecule has 0 amide bonds. The van der Waals surface area contributed by atoms with Crippen molar-refractivity contribution in [2.75, 3.05) is 13.2 Å². The van der Waals surface area contributed by atoms with Crippen molar-refractivity contribution in [3.05, 3.63) is 122 Å². The van der Waals surface area contributed by atoms with Gasteiger partial charge in [-0.3, -0.25) is 14.4 Å². The Labute approximate surface area is 424 Å². The Hall–Kier alpha value is -4.19. The van der Waals surface area contributed by atoms with E-state index >= 15 is 0 Å². The van der Waals surface area contributed by atoms with Crippen LogP contribution < -0.4 is 0 Å². The molecule has 0 fully saturated rings. The monoisotopic (exact) mass is 955 g/mol. The van der Waals surface area contributed by atoms with Crippen molar-refractivity contribution in [1.82, 2.24) is 0 Å². The van der Waals surface area contributed by atoms with Crippen LogP contribution in [0.3, 0.4) is 0 Å². The van der Waals surface area contributed by atoms with Gasteiger partial charge in [-0.05, 0) is 122 Å². The van der Waals surface area contributed by atoms with E-state index in [0.717, 1.165) is 167 Å². The molecule has 0 aliphatic carbocycles. The van der Waals surface area contributed by atoms with Crippen LogP contribution in [0, 0.1) is 0 Å². The minimum Gasteiger partial charge on any atom is -0.462 e. The Morgan fingerprint density at radius 2 is 0.565 bits per heavy atom. The lowest BCUT2D eigenvalue weighted by Gasteiger charge is -2.18. The maximum atomic E-state index is 12.8. The highest BCUT2D eigenvalue weighted by atomic mass is 16.6. The Bertz CT molecular complexity index is 1470. The van der Waals surface area contributed by atoms with Gasteiger partial charge in [0, 0.05) is 19.3 Å². The first kappa shape index (κ1) is 64.8. The zero-order chi connectivity index (χ0) is 50.0. The fourth-order valence-electron chi connectivity index (χ4n) is 7.28. The first-order valence-corrected chi connectivity index (χ1v) is 28.0. The molecule has 0 radical (unpaired) electrons. The van der Waals surface area contributed by atoms with E-state index in [1.54, 1.807) is 0 Å². The molecule has 0 aromatic heterocycles. The van der Waals surface area contributed by atoms with E-state index < -0.39 is 6.10 Å². The molecule has 0 aliphatic heterocycles. The minimum atomic E-state index is -0.801. The molecule has 0 heterocycles. The number of allylic oxidation sites excluding steroid dienone is 20. The molecule has 0 N–H and O–H groups in total. The van der Waals surface area contributed by atoms with E-state index in [0.29, 0.717) is 19.3 Å². The third-order valence-corrected chi connectivity index (χ3v) is 11.4. The number of carbonyl (C=O) groups is 3. The van der Waals surface area contributed by atoms with Crippen LogP contribution in [0.1, 0.15) is 239 Å². The number of carbonyl (C=O) groups excluding carboxylic acids is 3. The highest BCUT2D eigenvalue weighted by Crippen LogP contribution is 2.14. The van der Waals surface area contributed by atoms with Gasteiger partial charge in [0.2, 0.25) is 0 Å². The maximum absolute atomic E-state index is 12.8. The molecule has 6 heteroatoms. The molecule has 0 aromatic carbocycles. The zero-order valence-electron chi connectivity index (χ0n) is 44.5. The summed E-state index contributed by atoms with van der Waals surface area (Å²) in [5.74, 6) is -0.944. The molecule has 1 unspecified atom stereocenters. The summed E-state index contributed by atoms with van der Waals surface area (Å²) in [5.41, 5.74) is 0. The molecule has 0 aliphatic rings.